The molecule has 0 aromatic carbocycles. The summed E-state index contributed by atoms with van der Waals surface area (Å²) in [5, 5.41) is 1.22. The van der Waals surface area contributed by atoms with Gasteiger partial charge in [0.2, 0.25) is 5.24 Å². The Bertz CT molecular complexity index is 97.0. The summed E-state index contributed by atoms with van der Waals surface area (Å²) in [6.45, 7) is 0. The molecular formula is C5H7Br2ClO. The van der Waals surface area contributed by atoms with Crippen molar-refractivity contribution in [3.05, 3.63) is 0 Å². The minimum Gasteiger partial charge on any atom is -0.281 e. The van der Waals surface area contributed by atoms with Crippen molar-refractivity contribution in [1.82, 2.24) is 0 Å². The van der Waals surface area contributed by atoms with Crippen molar-refractivity contribution >= 4 is 48.7 Å². The predicted molar refractivity (Wildman–Crippen MR) is 46.6 cm³/mol. The molecule has 0 aromatic rings. The molecular weight excluding hydrogens is 271 g/mol. The fourth-order valence-electron chi connectivity index (χ4n) is 0.383. The molecule has 0 amide bonds. The van der Waals surface area contributed by atoms with Gasteiger partial charge in [0.15, 0.2) is 0 Å². The Labute approximate surface area is 76.4 Å². The molecule has 0 aliphatic rings. The summed E-state index contributed by atoms with van der Waals surface area (Å²) >= 11 is 11.7. The molecule has 0 rings (SSSR count). The highest BCUT2D eigenvalue weighted by Gasteiger charge is 2.12. The third kappa shape index (κ3) is 4.34. The number of hydrogen-bond acceptors (Lipinski definition) is 1. The summed E-state index contributed by atoms with van der Waals surface area (Å²) in [5.74, 6) is -0.0361. The summed E-state index contributed by atoms with van der Waals surface area (Å²) in [4.78, 5) is 10.5. The van der Waals surface area contributed by atoms with Crippen LogP contribution in [0.4, 0.5) is 0 Å². The summed E-state index contributed by atoms with van der Waals surface area (Å²) in [7, 11) is 0. The van der Waals surface area contributed by atoms with E-state index < -0.39 is 0 Å². The molecule has 0 N–H and O–H groups in total. The lowest BCUT2D eigenvalue weighted by atomic mass is 10.1. The number of hydrogen-bond donors (Lipinski definition) is 0. The molecule has 1 nitrogen and oxygen atoms in total. The molecule has 0 bridgehead atoms. The Hall–Kier alpha value is 0.920. The molecule has 0 radical (unpaired) electrons. The Morgan fingerprint density at radius 1 is 1.56 bits per heavy atom. The van der Waals surface area contributed by atoms with E-state index >= 15 is 0 Å². The van der Waals surface area contributed by atoms with Gasteiger partial charge < -0.3 is 0 Å². The van der Waals surface area contributed by atoms with Gasteiger partial charge in [0.05, 0.1) is 0 Å². The lowest BCUT2D eigenvalue weighted by molar-refractivity contribution is -0.114. The van der Waals surface area contributed by atoms with Gasteiger partial charge in [0, 0.05) is 16.6 Å². The first-order valence-electron chi connectivity index (χ1n) is 2.53. The molecule has 54 valence electrons. The molecule has 0 aromatic heterocycles. The van der Waals surface area contributed by atoms with Gasteiger partial charge in [-0.3, -0.25) is 4.79 Å². The topological polar surface area (TPSA) is 17.1 Å². The lowest BCUT2D eigenvalue weighted by Crippen LogP contribution is -2.10. The van der Waals surface area contributed by atoms with E-state index in [0.29, 0.717) is 5.33 Å². The first kappa shape index (κ1) is 9.92. The van der Waals surface area contributed by atoms with Crippen LogP contribution >= 0.6 is 43.5 Å². The number of carbonyl (C=O) groups excluding carboxylic acids is 1. The first-order valence-corrected chi connectivity index (χ1v) is 5.15. The second-order valence-corrected chi connectivity index (χ2v) is 3.45. The maximum Gasteiger partial charge on any atom is 0.225 e. The van der Waals surface area contributed by atoms with Crippen molar-refractivity contribution in [2.75, 3.05) is 10.7 Å². The standard InChI is InChI=1S/C5H7Br2ClO/c6-2-1-4(3-7)5(8)9/h4H,1-3H2. The van der Waals surface area contributed by atoms with Crippen LogP contribution in [0.2, 0.25) is 0 Å². The van der Waals surface area contributed by atoms with E-state index in [4.69, 9.17) is 11.6 Å². The smallest absolute Gasteiger partial charge is 0.225 e. The van der Waals surface area contributed by atoms with Crippen molar-refractivity contribution in [2.45, 2.75) is 6.42 Å². The molecule has 0 aliphatic carbocycles. The summed E-state index contributed by atoms with van der Waals surface area (Å²) < 4.78 is 0. The molecule has 1 unspecified atom stereocenters. The number of carbonyl (C=O) groups is 1. The molecule has 0 saturated heterocycles. The fourth-order valence-corrected chi connectivity index (χ4v) is 1.93. The van der Waals surface area contributed by atoms with Crippen LogP contribution in [0.1, 0.15) is 6.42 Å². The third-order valence-corrected chi connectivity index (χ3v) is 2.51. The normalized spacial score (nSPS) is 13.2. The summed E-state index contributed by atoms with van der Waals surface area (Å²) in [5.41, 5.74) is 0. The molecule has 0 aliphatic heterocycles. The quantitative estimate of drug-likeness (QED) is 0.570. The van der Waals surface area contributed by atoms with Gasteiger partial charge in [-0.05, 0) is 18.0 Å². The lowest BCUT2D eigenvalue weighted by Gasteiger charge is -2.03. The molecule has 0 spiro atoms. The van der Waals surface area contributed by atoms with E-state index in [1.807, 2.05) is 0 Å². The van der Waals surface area contributed by atoms with Crippen LogP contribution in [0.3, 0.4) is 0 Å². The highest BCUT2D eigenvalue weighted by atomic mass is 79.9. The molecule has 9 heavy (non-hydrogen) atoms. The molecule has 1 atom stereocenters. The van der Waals surface area contributed by atoms with Crippen molar-refractivity contribution in [3.8, 4) is 0 Å². The Morgan fingerprint density at radius 2 is 2.11 bits per heavy atom. The zero-order valence-electron chi connectivity index (χ0n) is 4.74. The Morgan fingerprint density at radius 3 is 2.22 bits per heavy atom. The van der Waals surface area contributed by atoms with Gasteiger partial charge in [-0.1, -0.05) is 31.9 Å². The van der Waals surface area contributed by atoms with Crippen molar-refractivity contribution in [1.29, 1.82) is 0 Å². The van der Waals surface area contributed by atoms with Gasteiger partial charge in [-0.2, -0.15) is 0 Å². The third-order valence-electron chi connectivity index (χ3n) is 0.965. The Balaban J connectivity index is 3.54. The van der Waals surface area contributed by atoms with E-state index in [2.05, 4.69) is 31.9 Å². The fraction of sp³-hybridized carbons (Fsp3) is 0.800. The van der Waals surface area contributed by atoms with Crippen LogP contribution in [0.5, 0.6) is 0 Å². The molecule has 0 heterocycles. The first-order chi connectivity index (χ1) is 4.22. The highest BCUT2D eigenvalue weighted by molar-refractivity contribution is 9.09. The van der Waals surface area contributed by atoms with Crippen LogP contribution < -0.4 is 0 Å². The number of alkyl halides is 2. The SMILES string of the molecule is O=C(Cl)C(CBr)CCBr. The van der Waals surface area contributed by atoms with E-state index in [9.17, 15) is 4.79 Å². The van der Waals surface area contributed by atoms with Crippen LogP contribution in [0, 0.1) is 5.92 Å². The largest absolute Gasteiger partial charge is 0.281 e. The van der Waals surface area contributed by atoms with Gasteiger partial charge in [-0.15, -0.1) is 0 Å². The van der Waals surface area contributed by atoms with Gasteiger partial charge in [-0.25, -0.2) is 0 Å². The van der Waals surface area contributed by atoms with E-state index in [1.54, 1.807) is 0 Å². The zero-order chi connectivity index (χ0) is 7.28. The highest BCUT2D eigenvalue weighted by Crippen LogP contribution is 2.11. The van der Waals surface area contributed by atoms with Crippen LogP contribution in [0.15, 0.2) is 0 Å². The number of rotatable bonds is 4. The van der Waals surface area contributed by atoms with Crippen LogP contribution in [0.25, 0.3) is 0 Å². The second-order valence-electron chi connectivity index (χ2n) is 1.63. The van der Waals surface area contributed by atoms with Crippen molar-refractivity contribution in [2.24, 2.45) is 5.92 Å². The average molecular weight is 278 g/mol. The summed E-state index contributed by atoms with van der Waals surface area (Å²) in [6, 6.07) is 0. The Kier molecular flexibility index (Phi) is 6.27. The second kappa shape index (κ2) is 5.69. The maximum atomic E-state index is 10.5. The van der Waals surface area contributed by atoms with E-state index in [1.165, 1.54) is 0 Å². The predicted octanol–water partition coefficient (Wildman–Crippen LogP) is 2.55. The minimum absolute atomic E-state index is 0.0361. The molecule has 0 fully saturated rings. The maximum absolute atomic E-state index is 10.5. The molecule has 0 saturated carbocycles. The minimum atomic E-state index is -0.258. The molecule has 4 heteroatoms. The van der Waals surface area contributed by atoms with Gasteiger partial charge >= 0.3 is 0 Å². The van der Waals surface area contributed by atoms with Gasteiger partial charge in [0.1, 0.15) is 0 Å². The van der Waals surface area contributed by atoms with Crippen LogP contribution in [-0.2, 0) is 4.79 Å². The van der Waals surface area contributed by atoms with Crippen molar-refractivity contribution < 1.29 is 4.79 Å². The monoisotopic (exact) mass is 276 g/mol. The number of halogens is 3. The van der Waals surface area contributed by atoms with E-state index in [-0.39, 0.29) is 11.2 Å². The average Bonchev–Trinajstić information content (AvgIpc) is 1.82. The van der Waals surface area contributed by atoms with Gasteiger partial charge in [0.25, 0.3) is 0 Å². The van der Waals surface area contributed by atoms with Crippen LogP contribution in [-0.4, -0.2) is 15.9 Å². The zero-order valence-corrected chi connectivity index (χ0v) is 8.67. The van der Waals surface area contributed by atoms with Crippen molar-refractivity contribution in [3.63, 3.8) is 0 Å². The van der Waals surface area contributed by atoms with E-state index in [0.717, 1.165) is 11.8 Å². The summed E-state index contributed by atoms with van der Waals surface area (Å²) in [6.07, 6.45) is 0.799.